The van der Waals surface area contributed by atoms with Gasteiger partial charge >= 0.3 is 0 Å². The molecular formula is C14H14N4OS2. The average Bonchev–Trinajstić information content (AvgIpc) is 3.20. The molecule has 0 radical (unpaired) electrons. The number of aromatic nitrogens is 3. The van der Waals surface area contributed by atoms with Gasteiger partial charge in [-0.1, -0.05) is 19.4 Å². The zero-order valence-corrected chi connectivity index (χ0v) is 13.1. The number of anilines is 1. The van der Waals surface area contributed by atoms with Crippen molar-refractivity contribution in [1.82, 2.24) is 15.2 Å². The van der Waals surface area contributed by atoms with Gasteiger partial charge in [0.1, 0.15) is 10.7 Å². The lowest BCUT2D eigenvalue weighted by Crippen LogP contribution is -2.12. The van der Waals surface area contributed by atoms with Crippen LogP contribution >= 0.6 is 22.7 Å². The van der Waals surface area contributed by atoms with Crippen LogP contribution < -0.4 is 5.32 Å². The molecule has 0 aliphatic carbocycles. The van der Waals surface area contributed by atoms with Crippen molar-refractivity contribution in [1.29, 1.82) is 0 Å². The van der Waals surface area contributed by atoms with Gasteiger partial charge in [0.2, 0.25) is 0 Å². The lowest BCUT2D eigenvalue weighted by atomic mass is 10.2. The summed E-state index contributed by atoms with van der Waals surface area (Å²) in [5.74, 6) is 0.303. The maximum atomic E-state index is 12.1. The number of thiophene rings is 1. The van der Waals surface area contributed by atoms with E-state index in [1.807, 2.05) is 23.6 Å². The number of rotatable bonds is 5. The van der Waals surface area contributed by atoms with Gasteiger partial charge in [-0.25, -0.2) is 4.98 Å². The fraction of sp³-hybridized carbons (Fsp3) is 0.214. The highest BCUT2D eigenvalue weighted by atomic mass is 32.1. The van der Waals surface area contributed by atoms with Crippen molar-refractivity contribution < 1.29 is 4.79 Å². The molecule has 0 aromatic carbocycles. The minimum atomic E-state index is -0.233. The first-order valence-corrected chi connectivity index (χ1v) is 8.37. The van der Waals surface area contributed by atoms with E-state index in [0.717, 1.165) is 28.4 Å². The van der Waals surface area contributed by atoms with Crippen molar-refractivity contribution in [2.24, 2.45) is 0 Å². The number of aromatic amines is 1. The molecule has 0 aliphatic rings. The molecule has 3 aromatic heterocycles. The summed E-state index contributed by atoms with van der Waals surface area (Å²) in [7, 11) is 0. The Labute approximate surface area is 130 Å². The van der Waals surface area contributed by atoms with Crippen molar-refractivity contribution in [3.8, 4) is 9.88 Å². The highest BCUT2D eigenvalue weighted by molar-refractivity contribution is 7.20. The highest BCUT2D eigenvalue weighted by Crippen LogP contribution is 2.27. The molecule has 2 N–H and O–H groups in total. The third kappa shape index (κ3) is 3.20. The van der Waals surface area contributed by atoms with E-state index in [1.165, 1.54) is 11.3 Å². The van der Waals surface area contributed by atoms with Crippen LogP contribution in [0.2, 0.25) is 0 Å². The van der Waals surface area contributed by atoms with Crippen LogP contribution in [0.1, 0.15) is 29.5 Å². The molecule has 3 aromatic rings. The van der Waals surface area contributed by atoms with Crippen LogP contribution in [0.3, 0.4) is 0 Å². The number of hydrogen-bond acceptors (Lipinski definition) is 5. The number of nitrogens with zero attached hydrogens (tertiary/aromatic N) is 2. The summed E-state index contributed by atoms with van der Waals surface area (Å²) in [5, 5.41) is 14.4. The third-order valence-corrected chi connectivity index (χ3v) is 4.74. The van der Waals surface area contributed by atoms with E-state index in [0.29, 0.717) is 11.5 Å². The second-order valence-corrected chi connectivity index (χ2v) is 6.30. The molecule has 0 spiro atoms. The van der Waals surface area contributed by atoms with Gasteiger partial charge in [-0.05, 0) is 17.9 Å². The molecule has 0 saturated carbocycles. The second kappa shape index (κ2) is 6.19. The van der Waals surface area contributed by atoms with Crippen molar-refractivity contribution in [2.45, 2.75) is 19.8 Å². The van der Waals surface area contributed by atoms with E-state index in [4.69, 9.17) is 0 Å². The topological polar surface area (TPSA) is 70.7 Å². The fourth-order valence-corrected chi connectivity index (χ4v) is 3.51. The lowest BCUT2D eigenvalue weighted by molar-refractivity contribution is 0.102. The van der Waals surface area contributed by atoms with Crippen LogP contribution in [0.4, 0.5) is 5.82 Å². The molecule has 108 valence electrons. The van der Waals surface area contributed by atoms with E-state index < -0.39 is 0 Å². The smallest absolute Gasteiger partial charge is 0.276 e. The number of nitrogens with one attached hydrogen (secondary N) is 2. The molecule has 3 rings (SSSR count). The first-order chi connectivity index (χ1) is 10.3. The maximum Gasteiger partial charge on any atom is 0.276 e. The zero-order valence-electron chi connectivity index (χ0n) is 11.4. The predicted molar refractivity (Wildman–Crippen MR) is 86.0 cm³/mol. The normalized spacial score (nSPS) is 10.7. The monoisotopic (exact) mass is 318 g/mol. The van der Waals surface area contributed by atoms with Crippen LogP contribution in [-0.4, -0.2) is 21.1 Å². The summed E-state index contributed by atoms with van der Waals surface area (Å²) in [6.07, 6.45) is 1.95. The average molecular weight is 318 g/mol. The molecule has 0 atom stereocenters. The first kappa shape index (κ1) is 14.0. The molecular weight excluding hydrogens is 304 g/mol. The molecule has 3 heterocycles. The van der Waals surface area contributed by atoms with E-state index in [9.17, 15) is 4.79 Å². The van der Waals surface area contributed by atoms with Gasteiger partial charge < -0.3 is 5.32 Å². The summed E-state index contributed by atoms with van der Waals surface area (Å²) >= 11 is 3.08. The van der Waals surface area contributed by atoms with Crippen molar-refractivity contribution in [2.75, 3.05) is 5.32 Å². The maximum absolute atomic E-state index is 12.1. The Hall–Kier alpha value is -1.99. The first-order valence-electron chi connectivity index (χ1n) is 6.61. The highest BCUT2D eigenvalue weighted by Gasteiger charge is 2.13. The van der Waals surface area contributed by atoms with E-state index >= 15 is 0 Å². The Kier molecular flexibility index (Phi) is 4.12. The molecule has 0 aliphatic heterocycles. The minimum absolute atomic E-state index is 0.233. The molecule has 21 heavy (non-hydrogen) atoms. The number of carbonyl (C=O) groups is 1. The zero-order chi connectivity index (χ0) is 14.7. The number of amides is 1. The number of H-pyrrole nitrogens is 1. The molecule has 0 bridgehead atoms. The van der Waals surface area contributed by atoms with Gasteiger partial charge in [0.25, 0.3) is 5.91 Å². The summed E-state index contributed by atoms with van der Waals surface area (Å²) in [5.41, 5.74) is 1.44. The largest absolute Gasteiger partial charge is 0.304 e. The Bertz CT molecular complexity index is 730. The van der Waals surface area contributed by atoms with Gasteiger partial charge in [0, 0.05) is 17.1 Å². The SMILES string of the molecule is CCCc1cc(NC(=O)c2csc(-c3cccs3)n2)n[nH]1. The number of carbonyl (C=O) groups excluding carboxylic acids is 1. The number of aryl methyl sites for hydroxylation is 1. The van der Waals surface area contributed by atoms with E-state index in [-0.39, 0.29) is 5.91 Å². The van der Waals surface area contributed by atoms with Crippen LogP contribution in [0, 0.1) is 0 Å². The summed E-state index contributed by atoms with van der Waals surface area (Å²) in [6, 6.07) is 5.82. The van der Waals surface area contributed by atoms with Crippen molar-refractivity contribution in [3.05, 3.63) is 40.3 Å². The van der Waals surface area contributed by atoms with Crippen LogP contribution in [0.25, 0.3) is 9.88 Å². The summed E-state index contributed by atoms with van der Waals surface area (Å²) in [4.78, 5) is 17.6. The summed E-state index contributed by atoms with van der Waals surface area (Å²) in [6.45, 7) is 2.10. The summed E-state index contributed by atoms with van der Waals surface area (Å²) < 4.78 is 0. The Morgan fingerprint density at radius 2 is 2.33 bits per heavy atom. The van der Waals surface area contributed by atoms with Crippen LogP contribution in [0.5, 0.6) is 0 Å². The van der Waals surface area contributed by atoms with Crippen molar-refractivity contribution >= 4 is 34.4 Å². The Morgan fingerprint density at radius 1 is 1.43 bits per heavy atom. The quantitative estimate of drug-likeness (QED) is 0.751. The van der Waals surface area contributed by atoms with Crippen LogP contribution in [-0.2, 0) is 6.42 Å². The van der Waals surface area contributed by atoms with Gasteiger partial charge in [-0.3, -0.25) is 9.89 Å². The van der Waals surface area contributed by atoms with Crippen molar-refractivity contribution in [3.63, 3.8) is 0 Å². The number of hydrogen-bond donors (Lipinski definition) is 2. The Morgan fingerprint density at radius 3 is 3.10 bits per heavy atom. The Balaban J connectivity index is 1.70. The number of thiazole rings is 1. The van der Waals surface area contributed by atoms with Gasteiger partial charge in [0.05, 0.1) is 4.88 Å². The van der Waals surface area contributed by atoms with Gasteiger partial charge in [-0.2, -0.15) is 5.10 Å². The molecule has 5 nitrogen and oxygen atoms in total. The second-order valence-electron chi connectivity index (χ2n) is 4.50. The van der Waals surface area contributed by atoms with E-state index in [2.05, 4.69) is 27.4 Å². The third-order valence-electron chi connectivity index (χ3n) is 2.86. The molecule has 0 fully saturated rings. The molecule has 1 amide bonds. The van der Waals surface area contributed by atoms with Crippen LogP contribution in [0.15, 0.2) is 29.0 Å². The molecule has 0 unspecified atom stereocenters. The standard InChI is InChI=1S/C14H14N4OS2/c1-2-4-9-7-12(18-17-9)16-13(19)10-8-21-14(15-10)11-5-3-6-20-11/h3,5-8H,2,4H2,1H3,(H2,16,17,18,19). The van der Waals surface area contributed by atoms with Gasteiger partial charge in [0.15, 0.2) is 5.82 Å². The lowest BCUT2D eigenvalue weighted by Gasteiger charge is -1.97. The molecule has 7 heteroatoms. The van der Waals surface area contributed by atoms with E-state index in [1.54, 1.807) is 16.7 Å². The fourth-order valence-electron chi connectivity index (χ4n) is 1.89. The van der Waals surface area contributed by atoms with Gasteiger partial charge in [-0.15, -0.1) is 22.7 Å². The minimum Gasteiger partial charge on any atom is -0.304 e. The molecule has 0 saturated heterocycles. The predicted octanol–water partition coefficient (Wildman–Crippen LogP) is 3.80.